The van der Waals surface area contributed by atoms with Crippen LogP contribution in [0.15, 0.2) is 48.3 Å². The van der Waals surface area contributed by atoms with Gasteiger partial charge in [-0.05, 0) is 42.0 Å². The van der Waals surface area contributed by atoms with E-state index in [4.69, 9.17) is 23.7 Å². The average Bonchev–Trinajstić information content (AvgIpc) is 3.22. The third kappa shape index (κ3) is 4.68. The van der Waals surface area contributed by atoms with Gasteiger partial charge in [-0.3, -0.25) is 0 Å². The van der Waals surface area contributed by atoms with Crippen molar-refractivity contribution in [2.45, 2.75) is 43.1 Å². The molecule has 11 nitrogen and oxygen atoms in total. The van der Waals surface area contributed by atoms with Gasteiger partial charge in [0.1, 0.15) is 36.3 Å². The molecule has 1 saturated heterocycles. The summed E-state index contributed by atoms with van der Waals surface area (Å²) < 4.78 is 27.5. The monoisotopic (exact) mass is 480 g/mol. The number of esters is 1. The molecule has 9 atom stereocenters. The molecule has 0 bridgehead atoms. The second kappa shape index (κ2) is 10.4. The fraction of sp³-hybridized carbons (Fsp3) is 0.522. The van der Waals surface area contributed by atoms with Gasteiger partial charge in [0, 0.05) is 5.92 Å². The molecule has 2 heterocycles. The average molecular weight is 480 g/mol. The van der Waals surface area contributed by atoms with Crippen molar-refractivity contribution in [2.75, 3.05) is 20.3 Å². The second-order valence-electron chi connectivity index (χ2n) is 8.27. The van der Waals surface area contributed by atoms with Crippen molar-refractivity contribution in [1.82, 2.24) is 0 Å². The zero-order valence-electron chi connectivity index (χ0n) is 18.3. The maximum atomic E-state index is 12.7. The molecule has 11 heteroatoms. The van der Waals surface area contributed by atoms with Crippen LogP contribution >= 0.6 is 0 Å². The molecular formula is C23H28O11. The number of carbonyl (C=O) groups excluding carboxylic acids is 1. The quantitative estimate of drug-likeness (QED) is 0.242. The zero-order valence-corrected chi connectivity index (χ0v) is 18.3. The molecule has 1 aromatic carbocycles. The van der Waals surface area contributed by atoms with Crippen LogP contribution in [0.3, 0.4) is 0 Å². The summed E-state index contributed by atoms with van der Waals surface area (Å²) in [5.74, 6) is -0.988. The standard InChI is InChI=1S/C23H28O11/c1-30-13-4-2-11(3-5-13)21(29)32-15-8-12(9-24)17-14(15)6-7-31-22(17)34-23-20(28)19(27)18(26)16(10-25)33-23/h2-8,14-20,22-28H,9-10H2,1H3. The lowest BCUT2D eigenvalue weighted by atomic mass is 9.88. The van der Waals surface area contributed by atoms with Gasteiger partial charge in [0.25, 0.3) is 0 Å². The number of hydrogen-bond acceptors (Lipinski definition) is 11. The summed E-state index contributed by atoms with van der Waals surface area (Å²) in [6.07, 6.45) is -4.44. The van der Waals surface area contributed by atoms with E-state index in [9.17, 15) is 30.3 Å². The minimum atomic E-state index is -1.61. The van der Waals surface area contributed by atoms with Gasteiger partial charge in [-0.15, -0.1) is 0 Å². The van der Waals surface area contributed by atoms with E-state index in [1.54, 1.807) is 36.4 Å². The molecule has 5 N–H and O–H groups in total. The minimum Gasteiger partial charge on any atom is -0.497 e. The summed E-state index contributed by atoms with van der Waals surface area (Å²) in [7, 11) is 1.52. The van der Waals surface area contributed by atoms with Gasteiger partial charge in [0.15, 0.2) is 6.29 Å². The van der Waals surface area contributed by atoms with Crippen molar-refractivity contribution in [3.63, 3.8) is 0 Å². The van der Waals surface area contributed by atoms with Crippen molar-refractivity contribution in [1.29, 1.82) is 0 Å². The first-order chi connectivity index (χ1) is 16.4. The molecule has 0 amide bonds. The van der Waals surface area contributed by atoms with E-state index in [1.165, 1.54) is 13.4 Å². The number of carbonyl (C=O) groups is 1. The van der Waals surface area contributed by atoms with E-state index in [-0.39, 0.29) is 6.61 Å². The second-order valence-corrected chi connectivity index (χ2v) is 8.27. The van der Waals surface area contributed by atoms with Crippen LogP contribution in [-0.2, 0) is 18.9 Å². The Kier molecular flexibility index (Phi) is 7.53. The third-order valence-corrected chi connectivity index (χ3v) is 6.28. The highest BCUT2D eigenvalue weighted by Crippen LogP contribution is 2.42. The normalized spacial score (nSPS) is 36.9. The van der Waals surface area contributed by atoms with E-state index in [1.807, 2.05) is 0 Å². The van der Waals surface area contributed by atoms with Crippen molar-refractivity contribution in [3.05, 3.63) is 53.8 Å². The molecule has 9 unspecified atom stereocenters. The molecule has 34 heavy (non-hydrogen) atoms. The van der Waals surface area contributed by atoms with Crippen LogP contribution in [-0.4, -0.2) is 94.9 Å². The van der Waals surface area contributed by atoms with Gasteiger partial charge in [0.05, 0.1) is 38.1 Å². The number of aliphatic hydroxyl groups excluding tert-OH is 5. The van der Waals surface area contributed by atoms with Crippen molar-refractivity contribution in [2.24, 2.45) is 11.8 Å². The summed E-state index contributed by atoms with van der Waals surface area (Å²) in [5, 5.41) is 49.6. The van der Waals surface area contributed by atoms with Crippen LogP contribution in [0.2, 0.25) is 0 Å². The Labute approximate surface area is 195 Å². The molecule has 3 aliphatic rings. The summed E-state index contributed by atoms with van der Waals surface area (Å²) in [4.78, 5) is 12.7. The lowest BCUT2D eigenvalue weighted by Gasteiger charge is -2.42. The Morgan fingerprint density at radius 3 is 2.41 bits per heavy atom. The molecular weight excluding hydrogens is 452 g/mol. The molecule has 0 saturated carbocycles. The molecule has 186 valence electrons. The van der Waals surface area contributed by atoms with Crippen molar-refractivity contribution >= 4 is 5.97 Å². The molecule has 0 spiro atoms. The van der Waals surface area contributed by atoms with Crippen LogP contribution in [0, 0.1) is 11.8 Å². The summed E-state index contributed by atoms with van der Waals surface area (Å²) in [6.45, 7) is -0.961. The maximum Gasteiger partial charge on any atom is 0.338 e. The predicted octanol–water partition coefficient (Wildman–Crippen LogP) is -0.928. The summed E-state index contributed by atoms with van der Waals surface area (Å²) >= 11 is 0. The van der Waals surface area contributed by atoms with Gasteiger partial charge in [0.2, 0.25) is 6.29 Å². The maximum absolute atomic E-state index is 12.7. The van der Waals surface area contributed by atoms with E-state index < -0.39 is 67.5 Å². The van der Waals surface area contributed by atoms with Gasteiger partial charge in [-0.25, -0.2) is 4.79 Å². The highest BCUT2D eigenvalue weighted by molar-refractivity contribution is 5.89. The number of methoxy groups -OCH3 is 1. The van der Waals surface area contributed by atoms with Crippen molar-refractivity contribution < 1.29 is 54.0 Å². The Morgan fingerprint density at radius 1 is 1.03 bits per heavy atom. The topological polar surface area (TPSA) is 164 Å². The first-order valence-electron chi connectivity index (χ1n) is 10.8. The number of fused-ring (bicyclic) bond motifs is 1. The molecule has 4 rings (SSSR count). The Balaban J connectivity index is 1.48. The van der Waals surface area contributed by atoms with Gasteiger partial charge in [-0.2, -0.15) is 0 Å². The zero-order chi connectivity index (χ0) is 24.4. The molecule has 2 aliphatic heterocycles. The molecule has 0 radical (unpaired) electrons. The summed E-state index contributed by atoms with van der Waals surface area (Å²) in [5.41, 5.74) is 0.824. The smallest absolute Gasteiger partial charge is 0.338 e. The Morgan fingerprint density at radius 2 is 1.76 bits per heavy atom. The molecule has 1 aliphatic carbocycles. The third-order valence-electron chi connectivity index (χ3n) is 6.28. The fourth-order valence-corrected chi connectivity index (χ4v) is 4.39. The summed E-state index contributed by atoms with van der Waals surface area (Å²) in [6, 6.07) is 6.44. The van der Waals surface area contributed by atoms with E-state index >= 15 is 0 Å². The lowest BCUT2D eigenvalue weighted by molar-refractivity contribution is -0.339. The highest BCUT2D eigenvalue weighted by atomic mass is 16.8. The largest absolute Gasteiger partial charge is 0.497 e. The van der Waals surface area contributed by atoms with Gasteiger partial charge in [-0.1, -0.05) is 0 Å². The molecule has 0 aromatic heterocycles. The number of benzene rings is 1. The van der Waals surface area contributed by atoms with E-state index in [0.29, 0.717) is 16.9 Å². The number of hydrogen-bond donors (Lipinski definition) is 5. The first-order valence-corrected chi connectivity index (χ1v) is 10.8. The van der Waals surface area contributed by atoms with Gasteiger partial charge < -0.3 is 49.2 Å². The highest BCUT2D eigenvalue weighted by Gasteiger charge is 2.50. The molecule has 1 fully saturated rings. The lowest BCUT2D eigenvalue weighted by Crippen LogP contribution is -2.60. The van der Waals surface area contributed by atoms with Crippen molar-refractivity contribution in [3.8, 4) is 5.75 Å². The Hall–Kier alpha value is -2.51. The van der Waals surface area contributed by atoms with E-state index in [0.717, 1.165) is 0 Å². The number of aliphatic hydroxyl groups is 5. The number of rotatable bonds is 7. The Bertz CT molecular complexity index is 912. The predicted molar refractivity (Wildman–Crippen MR) is 113 cm³/mol. The van der Waals surface area contributed by atoms with Gasteiger partial charge >= 0.3 is 5.97 Å². The van der Waals surface area contributed by atoms with Crippen LogP contribution in [0.1, 0.15) is 10.4 Å². The molecule has 1 aromatic rings. The van der Waals surface area contributed by atoms with E-state index in [2.05, 4.69) is 0 Å². The van der Waals surface area contributed by atoms with Crippen LogP contribution < -0.4 is 4.74 Å². The fourth-order valence-electron chi connectivity index (χ4n) is 4.39. The first kappa shape index (κ1) is 24.6. The van der Waals surface area contributed by atoms with Crippen LogP contribution in [0.25, 0.3) is 0 Å². The SMILES string of the molecule is COc1ccc(C(=O)OC2C=C(CO)C3C(OC4OC(CO)C(O)C(O)C4O)OC=CC23)cc1. The number of ether oxygens (including phenoxy) is 5. The van der Waals surface area contributed by atoms with Crippen LogP contribution in [0.4, 0.5) is 0 Å². The minimum absolute atomic E-state index is 0.327. The van der Waals surface area contributed by atoms with Crippen LogP contribution in [0.5, 0.6) is 5.75 Å².